The van der Waals surface area contributed by atoms with Crippen molar-refractivity contribution < 1.29 is 4.42 Å². The number of hydrogen-bond donors (Lipinski definition) is 1. The first-order valence-electron chi connectivity index (χ1n) is 5.47. The average Bonchev–Trinajstić information content (AvgIpc) is 2.82. The van der Waals surface area contributed by atoms with Gasteiger partial charge in [0.25, 0.3) is 0 Å². The van der Waals surface area contributed by atoms with Crippen molar-refractivity contribution in [2.75, 3.05) is 5.32 Å². The van der Waals surface area contributed by atoms with Crippen molar-refractivity contribution >= 4 is 22.5 Å². The van der Waals surface area contributed by atoms with Crippen LogP contribution >= 0.6 is 0 Å². The molecule has 0 saturated carbocycles. The lowest BCUT2D eigenvalue weighted by molar-refractivity contribution is 0.598. The topological polar surface area (TPSA) is 61.9 Å². The fourth-order valence-electron chi connectivity index (χ4n) is 1.74. The number of fused-ring (bicyclic) bond motifs is 1. The summed E-state index contributed by atoms with van der Waals surface area (Å²) in [4.78, 5) is 4.24. The highest BCUT2D eigenvalue weighted by molar-refractivity contribution is 5.81. The van der Waals surface area contributed by atoms with Gasteiger partial charge < -0.3 is 9.73 Å². The lowest BCUT2D eigenvalue weighted by atomic mass is 10.3. The first kappa shape index (κ1) is 10.4. The Kier molecular flexibility index (Phi) is 2.43. The van der Waals surface area contributed by atoms with Crippen LogP contribution in [-0.2, 0) is 0 Å². The van der Waals surface area contributed by atoms with Gasteiger partial charge in [-0.05, 0) is 18.2 Å². The third kappa shape index (κ3) is 1.89. The van der Waals surface area contributed by atoms with Gasteiger partial charge in [0.15, 0.2) is 5.58 Å². The van der Waals surface area contributed by atoms with Gasteiger partial charge >= 0.3 is 0 Å². The van der Waals surface area contributed by atoms with Crippen LogP contribution in [0.15, 0.2) is 53.1 Å². The van der Waals surface area contributed by atoms with Gasteiger partial charge in [0, 0.05) is 17.1 Å². The molecule has 0 saturated heterocycles. The smallest absolute Gasteiger partial charge is 0.204 e. The Bertz CT molecular complexity index is 726. The van der Waals surface area contributed by atoms with Gasteiger partial charge in [0.2, 0.25) is 5.76 Å². The molecule has 0 fully saturated rings. The van der Waals surface area contributed by atoms with Crippen LogP contribution in [0, 0.1) is 11.3 Å². The SMILES string of the molecule is N#Cc1cc2cc(Nc3ccccc3)ncc2o1. The molecule has 0 aliphatic carbocycles. The Morgan fingerprint density at radius 2 is 2.00 bits per heavy atom. The number of furan rings is 1. The predicted molar refractivity (Wildman–Crippen MR) is 68.4 cm³/mol. The second kappa shape index (κ2) is 4.22. The molecule has 1 aromatic carbocycles. The second-order valence-electron chi connectivity index (χ2n) is 3.82. The van der Waals surface area contributed by atoms with Crippen molar-refractivity contribution in [1.29, 1.82) is 5.26 Å². The van der Waals surface area contributed by atoms with Crippen molar-refractivity contribution in [2.24, 2.45) is 0 Å². The molecule has 18 heavy (non-hydrogen) atoms. The van der Waals surface area contributed by atoms with Crippen molar-refractivity contribution in [3.63, 3.8) is 0 Å². The molecule has 3 aromatic rings. The number of rotatable bonds is 2. The van der Waals surface area contributed by atoms with Crippen LogP contribution < -0.4 is 5.32 Å². The maximum absolute atomic E-state index is 8.76. The number of nitrogens with zero attached hydrogens (tertiary/aromatic N) is 2. The van der Waals surface area contributed by atoms with Gasteiger partial charge in [-0.15, -0.1) is 0 Å². The Balaban J connectivity index is 1.96. The molecule has 3 rings (SSSR count). The van der Waals surface area contributed by atoms with Gasteiger partial charge in [0.05, 0.1) is 6.20 Å². The van der Waals surface area contributed by atoms with E-state index in [1.54, 1.807) is 12.3 Å². The van der Waals surface area contributed by atoms with Crippen LogP contribution in [0.4, 0.5) is 11.5 Å². The summed E-state index contributed by atoms with van der Waals surface area (Å²) in [6.45, 7) is 0. The van der Waals surface area contributed by atoms with Gasteiger partial charge in [-0.2, -0.15) is 5.26 Å². The minimum absolute atomic E-state index is 0.295. The van der Waals surface area contributed by atoms with Gasteiger partial charge in [0.1, 0.15) is 11.9 Å². The maximum atomic E-state index is 8.76. The van der Waals surface area contributed by atoms with Gasteiger partial charge in [-0.3, -0.25) is 0 Å². The lowest BCUT2D eigenvalue weighted by Crippen LogP contribution is -1.91. The number of nitrogens with one attached hydrogen (secondary N) is 1. The molecule has 0 unspecified atom stereocenters. The van der Waals surface area contributed by atoms with Crippen LogP contribution in [-0.4, -0.2) is 4.98 Å². The Morgan fingerprint density at radius 3 is 2.78 bits per heavy atom. The van der Waals surface area contributed by atoms with E-state index < -0.39 is 0 Å². The number of anilines is 2. The van der Waals surface area contributed by atoms with Crippen LogP contribution in [0.5, 0.6) is 0 Å². The van der Waals surface area contributed by atoms with E-state index in [0.717, 1.165) is 16.9 Å². The summed E-state index contributed by atoms with van der Waals surface area (Å²) < 4.78 is 5.27. The molecule has 4 nitrogen and oxygen atoms in total. The fraction of sp³-hybridized carbons (Fsp3) is 0. The van der Waals surface area contributed by atoms with E-state index in [9.17, 15) is 0 Å². The number of benzene rings is 1. The molecule has 0 radical (unpaired) electrons. The van der Waals surface area contributed by atoms with Crippen molar-refractivity contribution in [2.45, 2.75) is 0 Å². The number of aromatic nitrogens is 1. The highest BCUT2D eigenvalue weighted by Gasteiger charge is 2.04. The molecule has 0 aliphatic rings. The van der Waals surface area contributed by atoms with Crippen LogP contribution in [0.2, 0.25) is 0 Å². The van der Waals surface area contributed by atoms with Gasteiger partial charge in [-0.1, -0.05) is 18.2 Å². The quantitative estimate of drug-likeness (QED) is 0.739. The van der Waals surface area contributed by atoms with Crippen molar-refractivity contribution in [3.8, 4) is 6.07 Å². The maximum Gasteiger partial charge on any atom is 0.204 e. The molecule has 0 spiro atoms. The van der Waals surface area contributed by atoms with E-state index in [4.69, 9.17) is 9.68 Å². The summed E-state index contributed by atoms with van der Waals surface area (Å²) in [6, 6.07) is 15.3. The summed E-state index contributed by atoms with van der Waals surface area (Å²) in [7, 11) is 0. The summed E-state index contributed by atoms with van der Waals surface area (Å²) in [5.74, 6) is 1.02. The van der Waals surface area contributed by atoms with E-state index >= 15 is 0 Å². The summed E-state index contributed by atoms with van der Waals surface area (Å²) in [6.07, 6.45) is 1.61. The van der Waals surface area contributed by atoms with E-state index in [1.807, 2.05) is 42.5 Å². The fourth-order valence-corrected chi connectivity index (χ4v) is 1.74. The summed E-state index contributed by atoms with van der Waals surface area (Å²) in [5.41, 5.74) is 1.58. The van der Waals surface area contributed by atoms with Crippen LogP contribution in [0.25, 0.3) is 11.0 Å². The normalized spacial score (nSPS) is 10.2. The zero-order valence-electron chi connectivity index (χ0n) is 9.42. The minimum atomic E-state index is 0.295. The number of nitriles is 1. The zero-order chi connectivity index (χ0) is 12.4. The zero-order valence-corrected chi connectivity index (χ0v) is 9.42. The summed E-state index contributed by atoms with van der Waals surface area (Å²) in [5, 5.41) is 12.8. The first-order chi connectivity index (χ1) is 8.85. The molecule has 2 heterocycles. The standard InChI is InChI=1S/C14H9N3O/c15-8-12-6-10-7-14(16-9-13(10)18-12)17-11-4-2-1-3-5-11/h1-7,9H,(H,16,17). The average molecular weight is 235 g/mol. The molecule has 4 heteroatoms. The number of para-hydroxylation sites is 1. The largest absolute Gasteiger partial charge is 0.444 e. The van der Waals surface area contributed by atoms with E-state index in [2.05, 4.69) is 10.3 Å². The summed E-state index contributed by atoms with van der Waals surface area (Å²) >= 11 is 0. The number of pyridine rings is 1. The van der Waals surface area contributed by atoms with Gasteiger partial charge in [-0.25, -0.2) is 4.98 Å². The molecular formula is C14H9N3O. The molecule has 86 valence electrons. The third-order valence-corrected chi connectivity index (χ3v) is 2.56. The molecular weight excluding hydrogens is 226 g/mol. The second-order valence-corrected chi connectivity index (χ2v) is 3.82. The van der Waals surface area contributed by atoms with Crippen molar-refractivity contribution in [3.05, 3.63) is 54.4 Å². The molecule has 0 aliphatic heterocycles. The third-order valence-electron chi connectivity index (χ3n) is 2.56. The molecule has 2 aromatic heterocycles. The van der Waals surface area contributed by atoms with E-state index in [0.29, 0.717) is 11.3 Å². The minimum Gasteiger partial charge on any atom is -0.444 e. The highest BCUT2D eigenvalue weighted by Crippen LogP contribution is 2.22. The Labute approximate surface area is 103 Å². The Hall–Kier alpha value is -2.80. The lowest BCUT2D eigenvalue weighted by Gasteiger charge is -2.04. The molecule has 0 bridgehead atoms. The molecule has 0 atom stereocenters. The predicted octanol–water partition coefficient (Wildman–Crippen LogP) is 3.44. The highest BCUT2D eigenvalue weighted by atomic mass is 16.3. The van der Waals surface area contributed by atoms with Crippen molar-refractivity contribution in [1.82, 2.24) is 4.98 Å². The Morgan fingerprint density at radius 1 is 1.17 bits per heavy atom. The molecule has 0 amide bonds. The van der Waals surface area contributed by atoms with Crippen LogP contribution in [0.1, 0.15) is 5.76 Å². The van der Waals surface area contributed by atoms with Crippen LogP contribution in [0.3, 0.4) is 0 Å². The number of hydrogen-bond acceptors (Lipinski definition) is 4. The first-order valence-corrected chi connectivity index (χ1v) is 5.47. The monoisotopic (exact) mass is 235 g/mol. The molecule has 1 N–H and O–H groups in total. The van der Waals surface area contributed by atoms with E-state index in [1.165, 1.54) is 0 Å². The van der Waals surface area contributed by atoms with E-state index in [-0.39, 0.29) is 0 Å².